The van der Waals surface area contributed by atoms with Crippen LogP contribution in [0.4, 0.5) is 0 Å². The van der Waals surface area contributed by atoms with E-state index in [2.05, 4.69) is 10.6 Å². The van der Waals surface area contributed by atoms with Gasteiger partial charge in [0.05, 0.1) is 6.04 Å². The summed E-state index contributed by atoms with van der Waals surface area (Å²) in [4.78, 5) is 11.1. The van der Waals surface area contributed by atoms with Gasteiger partial charge in [-0.15, -0.1) is 0 Å². The van der Waals surface area contributed by atoms with Gasteiger partial charge in [0.2, 0.25) is 5.91 Å². The molecular weight excluding hydrogens is 128 g/mol. The van der Waals surface area contributed by atoms with Crippen LogP contribution in [0.3, 0.4) is 0 Å². The van der Waals surface area contributed by atoms with Crippen LogP contribution in [0.15, 0.2) is 0 Å². The zero-order chi connectivity index (χ0) is 6.97. The van der Waals surface area contributed by atoms with Crippen molar-refractivity contribution in [1.82, 2.24) is 10.6 Å². The summed E-state index contributed by atoms with van der Waals surface area (Å²) in [5, 5.41) is 6.02. The van der Waals surface area contributed by atoms with Crippen molar-refractivity contribution in [2.45, 2.75) is 31.3 Å². The number of carbonyl (C=O) groups excluding carboxylic acids is 1. The Morgan fingerprint density at radius 3 is 2.50 bits per heavy atom. The average Bonchev–Trinajstić information content (AvgIpc) is 2.43. The van der Waals surface area contributed by atoms with E-state index in [1.54, 1.807) is 0 Å². The summed E-state index contributed by atoms with van der Waals surface area (Å²) in [5.74, 6) is 0.203. The molecule has 0 aromatic rings. The highest BCUT2D eigenvalue weighted by molar-refractivity contribution is 5.83. The largest absolute Gasteiger partial charge is 0.352 e. The Morgan fingerprint density at radius 2 is 2.10 bits per heavy atom. The Kier molecular flexibility index (Phi) is 1.38. The molecule has 1 heterocycles. The van der Waals surface area contributed by atoms with Crippen LogP contribution in [0, 0.1) is 0 Å². The maximum Gasteiger partial charge on any atom is 0.237 e. The molecule has 3 nitrogen and oxygen atoms in total. The van der Waals surface area contributed by atoms with Crippen LogP contribution in [-0.4, -0.2) is 24.5 Å². The van der Waals surface area contributed by atoms with E-state index in [0.717, 1.165) is 13.0 Å². The Morgan fingerprint density at radius 1 is 1.40 bits per heavy atom. The van der Waals surface area contributed by atoms with E-state index >= 15 is 0 Å². The highest BCUT2D eigenvalue weighted by Crippen LogP contribution is 2.19. The first kappa shape index (κ1) is 6.16. The minimum Gasteiger partial charge on any atom is -0.352 e. The molecule has 0 unspecified atom stereocenters. The van der Waals surface area contributed by atoms with Crippen molar-refractivity contribution in [2.75, 3.05) is 6.54 Å². The van der Waals surface area contributed by atoms with Gasteiger partial charge in [-0.25, -0.2) is 0 Å². The Hall–Kier alpha value is -0.570. The number of carbonyl (C=O) groups is 1. The van der Waals surface area contributed by atoms with E-state index in [9.17, 15) is 4.79 Å². The molecule has 2 aliphatic rings. The van der Waals surface area contributed by atoms with Gasteiger partial charge >= 0.3 is 0 Å². The second-order valence-corrected chi connectivity index (χ2v) is 3.08. The van der Waals surface area contributed by atoms with Crippen LogP contribution < -0.4 is 10.6 Å². The van der Waals surface area contributed by atoms with E-state index in [-0.39, 0.29) is 11.9 Å². The number of hydrogen-bond acceptors (Lipinski definition) is 2. The second-order valence-electron chi connectivity index (χ2n) is 3.08. The summed E-state index contributed by atoms with van der Waals surface area (Å²) in [7, 11) is 0. The van der Waals surface area contributed by atoms with Gasteiger partial charge in [0.1, 0.15) is 0 Å². The highest BCUT2D eigenvalue weighted by Gasteiger charge is 2.29. The monoisotopic (exact) mass is 140 g/mol. The van der Waals surface area contributed by atoms with Gasteiger partial charge in [-0.1, -0.05) is 0 Å². The molecule has 1 saturated heterocycles. The molecule has 0 aromatic heterocycles. The summed E-state index contributed by atoms with van der Waals surface area (Å²) in [6.45, 7) is 1.00. The molecule has 0 bridgehead atoms. The molecule has 1 atom stereocenters. The fourth-order valence-electron chi connectivity index (χ4n) is 1.04. The second kappa shape index (κ2) is 2.23. The van der Waals surface area contributed by atoms with E-state index in [4.69, 9.17) is 0 Å². The normalized spacial score (nSPS) is 31.0. The SMILES string of the molecule is O=C(NC1CC1)[C@H]1CCN1. The molecule has 56 valence electrons. The van der Waals surface area contributed by atoms with Crippen molar-refractivity contribution in [3.05, 3.63) is 0 Å². The fourth-order valence-corrected chi connectivity index (χ4v) is 1.04. The molecule has 2 N–H and O–H groups in total. The average molecular weight is 140 g/mol. The zero-order valence-corrected chi connectivity index (χ0v) is 5.89. The number of nitrogens with one attached hydrogen (secondary N) is 2. The first-order valence-electron chi connectivity index (χ1n) is 3.90. The summed E-state index contributed by atoms with van der Waals surface area (Å²) < 4.78 is 0. The van der Waals surface area contributed by atoms with Gasteiger partial charge in [-0.2, -0.15) is 0 Å². The Balaban J connectivity index is 1.74. The first-order chi connectivity index (χ1) is 4.86. The number of amides is 1. The molecule has 1 amide bonds. The van der Waals surface area contributed by atoms with Crippen LogP contribution in [0.2, 0.25) is 0 Å². The molecule has 3 heteroatoms. The lowest BCUT2D eigenvalue weighted by atomic mass is 10.1. The molecule has 0 spiro atoms. The van der Waals surface area contributed by atoms with Crippen molar-refractivity contribution in [3.8, 4) is 0 Å². The molecule has 1 saturated carbocycles. The zero-order valence-electron chi connectivity index (χ0n) is 5.89. The summed E-state index contributed by atoms with van der Waals surface area (Å²) in [5.41, 5.74) is 0. The predicted octanol–water partition coefficient (Wildman–Crippen LogP) is -0.373. The van der Waals surface area contributed by atoms with Gasteiger partial charge in [0, 0.05) is 6.04 Å². The molecule has 1 aliphatic carbocycles. The van der Waals surface area contributed by atoms with Crippen LogP contribution >= 0.6 is 0 Å². The third-order valence-corrected chi connectivity index (χ3v) is 2.06. The smallest absolute Gasteiger partial charge is 0.237 e. The molecule has 0 aromatic carbocycles. The van der Waals surface area contributed by atoms with Crippen molar-refractivity contribution < 1.29 is 4.79 Å². The van der Waals surface area contributed by atoms with E-state index in [1.165, 1.54) is 12.8 Å². The van der Waals surface area contributed by atoms with Crippen molar-refractivity contribution in [1.29, 1.82) is 0 Å². The summed E-state index contributed by atoms with van der Waals surface area (Å²) in [6, 6.07) is 0.635. The van der Waals surface area contributed by atoms with Gasteiger partial charge in [0.25, 0.3) is 0 Å². The number of hydrogen-bond donors (Lipinski definition) is 2. The van der Waals surface area contributed by atoms with Crippen molar-refractivity contribution in [2.24, 2.45) is 0 Å². The van der Waals surface area contributed by atoms with Crippen molar-refractivity contribution in [3.63, 3.8) is 0 Å². The van der Waals surface area contributed by atoms with Gasteiger partial charge in [-0.05, 0) is 25.8 Å². The van der Waals surface area contributed by atoms with Crippen LogP contribution in [0.25, 0.3) is 0 Å². The van der Waals surface area contributed by atoms with E-state index in [0.29, 0.717) is 6.04 Å². The van der Waals surface area contributed by atoms with E-state index < -0.39 is 0 Å². The quantitative estimate of drug-likeness (QED) is 0.549. The number of rotatable bonds is 2. The standard InChI is InChI=1S/C7H12N2O/c10-7(6-3-4-8-6)9-5-1-2-5/h5-6,8H,1-4H2,(H,9,10)/t6-/m1/s1. The van der Waals surface area contributed by atoms with Crippen molar-refractivity contribution >= 4 is 5.91 Å². The lowest BCUT2D eigenvalue weighted by Crippen LogP contribution is -2.53. The van der Waals surface area contributed by atoms with Crippen LogP contribution in [0.1, 0.15) is 19.3 Å². The molecule has 2 rings (SSSR count). The fraction of sp³-hybridized carbons (Fsp3) is 0.857. The predicted molar refractivity (Wildman–Crippen MR) is 37.6 cm³/mol. The lowest BCUT2D eigenvalue weighted by molar-refractivity contribution is -0.124. The Bertz CT molecular complexity index is 150. The maximum atomic E-state index is 11.1. The third-order valence-electron chi connectivity index (χ3n) is 2.06. The van der Waals surface area contributed by atoms with Crippen LogP contribution in [-0.2, 0) is 4.79 Å². The van der Waals surface area contributed by atoms with Gasteiger partial charge < -0.3 is 10.6 Å². The molecule has 1 aliphatic heterocycles. The first-order valence-corrected chi connectivity index (χ1v) is 3.90. The Labute approximate surface area is 60.2 Å². The van der Waals surface area contributed by atoms with Gasteiger partial charge in [-0.3, -0.25) is 4.79 Å². The minimum absolute atomic E-state index is 0.126. The van der Waals surface area contributed by atoms with Gasteiger partial charge in [0.15, 0.2) is 0 Å². The highest BCUT2D eigenvalue weighted by atomic mass is 16.2. The molecule has 2 fully saturated rings. The lowest BCUT2D eigenvalue weighted by Gasteiger charge is -2.26. The molecule has 0 radical (unpaired) electrons. The minimum atomic E-state index is 0.126. The third kappa shape index (κ3) is 1.14. The molecule has 10 heavy (non-hydrogen) atoms. The summed E-state index contributed by atoms with van der Waals surface area (Å²) >= 11 is 0. The van der Waals surface area contributed by atoms with E-state index in [1.807, 2.05) is 0 Å². The van der Waals surface area contributed by atoms with Crippen LogP contribution in [0.5, 0.6) is 0 Å². The topological polar surface area (TPSA) is 41.1 Å². The summed E-state index contributed by atoms with van der Waals surface area (Å²) in [6.07, 6.45) is 3.37. The molecular formula is C7H12N2O. The maximum absolute atomic E-state index is 11.1.